The van der Waals surface area contributed by atoms with E-state index in [1.165, 1.54) is 12.8 Å². The molecule has 0 unspecified atom stereocenters. The second kappa shape index (κ2) is 10.9. The molecule has 0 aliphatic carbocycles. The summed E-state index contributed by atoms with van der Waals surface area (Å²) in [6.07, 6.45) is 9.57. The maximum atomic E-state index is 11.8. The lowest BCUT2D eigenvalue weighted by Gasteiger charge is -2.10. The second-order valence-electron chi connectivity index (χ2n) is 5.28. The minimum absolute atomic E-state index is 0.185. The van der Waals surface area contributed by atoms with Crippen LogP contribution >= 0.6 is 0 Å². The molecule has 0 aliphatic heterocycles. The number of methoxy groups -OCH3 is 1. The van der Waals surface area contributed by atoms with Crippen LogP contribution in [-0.2, 0) is 11.2 Å². The summed E-state index contributed by atoms with van der Waals surface area (Å²) in [6.45, 7) is 4.73. The van der Waals surface area contributed by atoms with E-state index in [4.69, 9.17) is 9.47 Å². The maximum absolute atomic E-state index is 11.8. The molecule has 0 aromatic heterocycles. The average molecular weight is 304 g/mol. The van der Waals surface area contributed by atoms with Crippen LogP contribution in [0.25, 0.3) is 0 Å². The van der Waals surface area contributed by atoms with Crippen LogP contribution in [0.5, 0.6) is 11.5 Å². The molecule has 3 nitrogen and oxygen atoms in total. The van der Waals surface area contributed by atoms with Crippen molar-refractivity contribution in [3.05, 3.63) is 35.9 Å². The molecule has 0 saturated heterocycles. The molecule has 122 valence electrons. The smallest absolute Gasteiger partial charge is 0.161 e. The summed E-state index contributed by atoms with van der Waals surface area (Å²) in [6, 6.07) is 5.84. The van der Waals surface area contributed by atoms with Crippen LogP contribution in [0.3, 0.4) is 0 Å². The zero-order valence-electron chi connectivity index (χ0n) is 14.1. The quantitative estimate of drug-likeness (QED) is 0.438. The van der Waals surface area contributed by atoms with E-state index in [2.05, 4.69) is 6.92 Å². The second-order valence-corrected chi connectivity index (χ2v) is 5.28. The molecule has 1 aromatic rings. The van der Waals surface area contributed by atoms with Crippen molar-refractivity contribution in [3.63, 3.8) is 0 Å². The van der Waals surface area contributed by atoms with Gasteiger partial charge in [-0.25, -0.2) is 0 Å². The minimum Gasteiger partial charge on any atom is -0.493 e. The highest BCUT2D eigenvalue weighted by Crippen LogP contribution is 2.28. The van der Waals surface area contributed by atoms with Crippen LogP contribution < -0.4 is 9.47 Å². The van der Waals surface area contributed by atoms with E-state index in [9.17, 15) is 4.79 Å². The fraction of sp³-hybridized carbons (Fsp3) is 0.526. The van der Waals surface area contributed by atoms with Crippen LogP contribution in [-0.4, -0.2) is 19.5 Å². The van der Waals surface area contributed by atoms with Gasteiger partial charge in [-0.3, -0.25) is 4.79 Å². The fourth-order valence-electron chi connectivity index (χ4n) is 2.22. The van der Waals surface area contributed by atoms with Gasteiger partial charge in [-0.2, -0.15) is 0 Å². The van der Waals surface area contributed by atoms with Crippen molar-refractivity contribution in [2.45, 2.75) is 52.4 Å². The standard InChI is InChI=1S/C19H28O3/c1-4-6-7-8-9-10-17(20)13-11-16-12-14-18(22-5-2)19(15-16)21-3/h9-10,12,14-15H,4-8,11,13H2,1-3H3/b10-9+. The minimum atomic E-state index is 0.185. The normalized spacial score (nSPS) is 10.9. The first kappa shape index (κ1) is 18.3. The number of hydrogen-bond acceptors (Lipinski definition) is 3. The Morgan fingerprint density at radius 2 is 2.00 bits per heavy atom. The molecule has 0 radical (unpaired) electrons. The lowest BCUT2D eigenvalue weighted by atomic mass is 10.1. The van der Waals surface area contributed by atoms with E-state index < -0.39 is 0 Å². The molecule has 1 rings (SSSR count). The predicted molar refractivity (Wildman–Crippen MR) is 90.8 cm³/mol. The first-order valence-corrected chi connectivity index (χ1v) is 8.20. The van der Waals surface area contributed by atoms with Crippen LogP contribution in [0, 0.1) is 0 Å². The molecule has 0 aliphatic rings. The SMILES string of the molecule is CCCCC/C=C/C(=O)CCc1ccc(OCC)c(OC)c1. The first-order valence-electron chi connectivity index (χ1n) is 8.20. The number of allylic oxidation sites excluding steroid dienone is 2. The van der Waals surface area contributed by atoms with Crippen molar-refractivity contribution < 1.29 is 14.3 Å². The first-order chi connectivity index (χ1) is 10.7. The predicted octanol–water partition coefficient (Wildman–Crippen LogP) is 4.73. The Hall–Kier alpha value is -1.77. The largest absolute Gasteiger partial charge is 0.493 e. The summed E-state index contributed by atoms with van der Waals surface area (Å²) in [5, 5.41) is 0. The van der Waals surface area contributed by atoms with Crippen molar-refractivity contribution in [2.24, 2.45) is 0 Å². The number of carbonyl (C=O) groups excluding carboxylic acids is 1. The van der Waals surface area contributed by atoms with Crippen LogP contribution in [0.15, 0.2) is 30.4 Å². The number of hydrogen-bond donors (Lipinski definition) is 0. The molecule has 0 atom stereocenters. The van der Waals surface area contributed by atoms with Crippen molar-refractivity contribution in [1.82, 2.24) is 0 Å². The Morgan fingerprint density at radius 3 is 2.68 bits per heavy atom. The summed E-state index contributed by atoms with van der Waals surface area (Å²) >= 11 is 0. The Morgan fingerprint density at radius 1 is 1.18 bits per heavy atom. The zero-order chi connectivity index (χ0) is 16.2. The van der Waals surface area contributed by atoms with Gasteiger partial charge in [-0.15, -0.1) is 0 Å². The highest BCUT2D eigenvalue weighted by Gasteiger charge is 2.06. The number of ketones is 1. The molecular weight excluding hydrogens is 276 g/mol. The van der Waals surface area contributed by atoms with E-state index in [0.29, 0.717) is 13.0 Å². The highest BCUT2D eigenvalue weighted by molar-refractivity contribution is 5.89. The Bertz CT molecular complexity index is 478. The van der Waals surface area contributed by atoms with Crippen LogP contribution in [0.1, 0.15) is 51.5 Å². The number of unbranched alkanes of at least 4 members (excludes halogenated alkanes) is 3. The van der Waals surface area contributed by atoms with E-state index in [1.807, 2.05) is 31.2 Å². The van der Waals surface area contributed by atoms with Gasteiger partial charge in [0.2, 0.25) is 0 Å². The van der Waals surface area contributed by atoms with E-state index in [1.54, 1.807) is 13.2 Å². The Kier molecular flexibility index (Phi) is 9.04. The molecule has 0 bridgehead atoms. The number of ether oxygens (including phenoxy) is 2. The Balaban J connectivity index is 2.45. The van der Waals surface area contributed by atoms with Gasteiger partial charge >= 0.3 is 0 Å². The van der Waals surface area contributed by atoms with Gasteiger partial charge in [-0.05, 0) is 50.0 Å². The number of rotatable bonds is 11. The summed E-state index contributed by atoms with van der Waals surface area (Å²) < 4.78 is 10.8. The summed E-state index contributed by atoms with van der Waals surface area (Å²) in [4.78, 5) is 11.8. The van der Waals surface area contributed by atoms with Gasteiger partial charge < -0.3 is 9.47 Å². The average Bonchev–Trinajstić information content (AvgIpc) is 2.54. The van der Waals surface area contributed by atoms with Gasteiger partial charge in [-0.1, -0.05) is 31.9 Å². The lowest BCUT2D eigenvalue weighted by molar-refractivity contribution is -0.114. The highest BCUT2D eigenvalue weighted by atomic mass is 16.5. The Labute approximate surface area is 134 Å². The number of benzene rings is 1. The van der Waals surface area contributed by atoms with Crippen molar-refractivity contribution >= 4 is 5.78 Å². The molecule has 0 N–H and O–H groups in total. The van der Waals surface area contributed by atoms with Crippen LogP contribution in [0.2, 0.25) is 0 Å². The third-order valence-corrected chi connectivity index (χ3v) is 3.47. The molecule has 22 heavy (non-hydrogen) atoms. The van der Waals surface area contributed by atoms with E-state index >= 15 is 0 Å². The fourth-order valence-corrected chi connectivity index (χ4v) is 2.22. The summed E-state index contributed by atoms with van der Waals surface area (Å²) in [5.74, 6) is 1.65. The molecule has 0 amide bonds. The molecule has 1 aromatic carbocycles. The van der Waals surface area contributed by atoms with Gasteiger partial charge in [0, 0.05) is 6.42 Å². The lowest BCUT2D eigenvalue weighted by Crippen LogP contribution is -1.99. The molecule has 0 saturated carbocycles. The third kappa shape index (κ3) is 6.79. The molecular formula is C19H28O3. The van der Waals surface area contributed by atoms with Gasteiger partial charge in [0.15, 0.2) is 17.3 Å². The molecule has 0 heterocycles. The van der Waals surface area contributed by atoms with Crippen molar-refractivity contribution in [2.75, 3.05) is 13.7 Å². The van der Waals surface area contributed by atoms with Gasteiger partial charge in [0.05, 0.1) is 13.7 Å². The van der Waals surface area contributed by atoms with Crippen molar-refractivity contribution in [3.8, 4) is 11.5 Å². The molecule has 0 fully saturated rings. The van der Waals surface area contributed by atoms with E-state index in [0.717, 1.165) is 36.3 Å². The topological polar surface area (TPSA) is 35.5 Å². The maximum Gasteiger partial charge on any atom is 0.161 e. The van der Waals surface area contributed by atoms with Gasteiger partial charge in [0.1, 0.15) is 0 Å². The number of carbonyl (C=O) groups is 1. The monoisotopic (exact) mass is 304 g/mol. The van der Waals surface area contributed by atoms with Crippen LogP contribution in [0.4, 0.5) is 0 Å². The molecule has 3 heteroatoms. The zero-order valence-corrected chi connectivity index (χ0v) is 14.1. The van der Waals surface area contributed by atoms with E-state index in [-0.39, 0.29) is 5.78 Å². The summed E-state index contributed by atoms with van der Waals surface area (Å²) in [7, 11) is 1.63. The van der Waals surface area contributed by atoms with Gasteiger partial charge in [0.25, 0.3) is 0 Å². The third-order valence-electron chi connectivity index (χ3n) is 3.47. The molecule has 0 spiro atoms. The summed E-state index contributed by atoms with van der Waals surface area (Å²) in [5.41, 5.74) is 1.09. The van der Waals surface area contributed by atoms with Crippen molar-refractivity contribution in [1.29, 1.82) is 0 Å². The number of aryl methyl sites for hydroxylation is 1.